The summed E-state index contributed by atoms with van der Waals surface area (Å²) in [5.41, 5.74) is 0.507. The summed E-state index contributed by atoms with van der Waals surface area (Å²) in [6.07, 6.45) is 0. The van der Waals surface area contributed by atoms with Gasteiger partial charge in [0.2, 0.25) is 15.9 Å². The van der Waals surface area contributed by atoms with Crippen molar-refractivity contribution >= 4 is 50.1 Å². The van der Waals surface area contributed by atoms with E-state index < -0.39 is 15.4 Å². The Kier molecular flexibility index (Phi) is 7.78. The van der Waals surface area contributed by atoms with E-state index >= 15 is 0 Å². The second-order valence-corrected chi connectivity index (χ2v) is 10.4. The van der Waals surface area contributed by atoms with Gasteiger partial charge in [-0.1, -0.05) is 20.8 Å². The highest BCUT2D eigenvalue weighted by molar-refractivity contribution is 14.1. The predicted molar refractivity (Wildman–Crippen MR) is 121 cm³/mol. The molecule has 0 aliphatic carbocycles. The molecule has 0 aromatic heterocycles. The largest absolute Gasteiger partial charge is 0.351 e. The summed E-state index contributed by atoms with van der Waals surface area (Å²) in [5.74, 6) is -0.442. The fraction of sp³-hybridized carbons (Fsp3) is 0.300. The normalized spacial score (nSPS) is 11.7. The smallest absolute Gasteiger partial charge is 0.251 e. The van der Waals surface area contributed by atoms with Gasteiger partial charge in [-0.2, -0.15) is 0 Å². The Hall–Kier alpha value is -1.98. The zero-order valence-electron chi connectivity index (χ0n) is 16.5. The van der Waals surface area contributed by atoms with Crippen LogP contribution >= 0.6 is 22.6 Å². The van der Waals surface area contributed by atoms with E-state index in [0.29, 0.717) is 11.3 Å². The van der Waals surface area contributed by atoms with Gasteiger partial charge in [0.1, 0.15) is 0 Å². The number of amides is 2. The lowest BCUT2D eigenvalue weighted by Gasteiger charge is -2.17. The predicted octanol–water partition coefficient (Wildman–Crippen LogP) is 2.98. The third-order valence-electron chi connectivity index (χ3n) is 3.91. The van der Waals surface area contributed by atoms with Crippen LogP contribution < -0.4 is 15.4 Å². The molecule has 29 heavy (non-hydrogen) atoms. The molecular formula is C20H24IN3O4S. The lowest BCUT2D eigenvalue weighted by atomic mass is 9.95. The Morgan fingerprint density at radius 1 is 0.931 bits per heavy atom. The first-order valence-electron chi connectivity index (χ1n) is 8.94. The number of hydrogen-bond donors (Lipinski definition) is 3. The van der Waals surface area contributed by atoms with E-state index in [1.807, 2.05) is 20.8 Å². The van der Waals surface area contributed by atoms with E-state index in [-0.39, 0.29) is 29.8 Å². The molecule has 0 fully saturated rings. The molecule has 0 unspecified atom stereocenters. The van der Waals surface area contributed by atoms with Crippen LogP contribution in [0, 0.1) is 8.99 Å². The van der Waals surface area contributed by atoms with Gasteiger partial charge >= 0.3 is 0 Å². The van der Waals surface area contributed by atoms with Gasteiger partial charge in [0.15, 0.2) is 0 Å². The number of nitrogens with one attached hydrogen (secondary N) is 3. The molecule has 0 aliphatic rings. The summed E-state index contributed by atoms with van der Waals surface area (Å²) in [6, 6.07) is 13.0. The van der Waals surface area contributed by atoms with Crippen LogP contribution in [-0.4, -0.2) is 33.3 Å². The fourth-order valence-corrected chi connectivity index (χ4v) is 3.58. The van der Waals surface area contributed by atoms with Gasteiger partial charge in [-0.25, -0.2) is 13.1 Å². The van der Waals surface area contributed by atoms with Crippen LogP contribution in [0.15, 0.2) is 53.4 Å². The van der Waals surface area contributed by atoms with Gasteiger partial charge in [-0.15, -0.1) is 0 Å². The summed E-state index contributed by atoms with van der Waals surface area (Å²) >= 11 is 2.10. The van der Waals surface area contributed by atoms with Crippen molar-refractivity contribution in [2.45, 2.75) is 25.7 Å². The van der Waals surface area contributed by atoms with Crippen LogP contribution in [0.4, 0.5) is 5.69 Å². The molecule has 9 heteroatoms. The van der Waals surface area contributed by atoms with Crippen LogP contribution in [0.3, 0.4) is 0 Å². The van der Waals surface area contributed by atoms with Crippen molar-refractivity contribution in [1.29, 1.82) is 0 Å². The minimum atomic E-state index is -3.61. The molecule has 2 rings (SSSR count). The lowest BCUT2D eigenvalue weighted by Crippen LogP contribution is -2.34. The molecule has 0 radical (unpaired) electrons. The van der Waals surface area contributed by atoms with E-state index in [1.54, 1.807) is 36.4 Å². The van der Waals surface area contributed by atoms with Crippen LogP contribution in [0.25, 0.3) is 0 Å². The van der Waals surface area contributed by atoms with Crippen LogP contribution in [0.2, 0.25) is 0 Å². The number of carbonyl (C=O) groups excluding carboxylic acids is 2. The van der Waals surface area contributed by atoms with Crippen LogP contribution in [0.1, 0.15) is 31.1 Å². The van der Waals surface area contributed by atoms with E-state index in [4.69, 9.17) is 0 Å². The molecule has 7 nitrogen and oxygen atoms in total. The quantitative estimate of drug-likeness (QED) is 0.379. The molecule has 0 spiro atoms. The first-order valence-corrected chi connectivity index (χ1v) is 11.5. The number of hydrogen-bond acceptors (Lipinski definition) is 4. The Morgan fingerprint density at radius 2 is 1.52 bits per heavy atom. The molecule has 2 aromatic carbocycles. The number of rotatable bonds is 7. The minimum absolute atomic E-state index is 0.0692. The van der Waals surface area contributed by atoms with Crippen molar-refractivity contribution in [1.82, 2.24) is 10.0 Å². The molecule has 0 aliphatic heterocycles. The van der Waals surface area contributed by atoms with E-state index in [2.05, 4.69) is 37.9 Å². The molecule has 3 N–H and O–H groups in total. The highest BCUT2D eigenvalue weighted by Crippen LogP contribution is 2.17. The number of sulfonamides is 1. The van der Waals surface area contributed by atoms with Crippen molar-refractivity contribution in [3.63, 3.8) is 0 Å². The number of carbonyl (C=O) groups is 2. The third kappa shape index (κ3) is 7.09. The molecule has 0 saturated heterocycles. The van der Waals surface area contributed by atoms with Gasteiger partial charge < -0.3 is 10.6 Å². The van der Waals surface area contributed by atoms with Crippen molar-refractivity contribution < 1.29 is 18.0 Å². The maximum Gasteiger partial charge on any atom is 0.251 e. The molecule has 0 bridgehead atoms. The van der Waals surface area contributed by atoms with Crippen molar-refractivity contribution in [2.24, 2.45) is 5.41 Å². The SMILES string of the molecule is CC(C)(C)C(=O)Nc1ccc(C(=O)NCCNS(=O)(=O)c2ccc(I)cc2)cc1. The minimum Gasteiger partial charge on any atom is -0.351 e. The summed E-state index contributed by atoms with van der Waals surface area (Å²) < 4.78 is 27.8. The summed E-state index contributed by atoms with van der Waals surface area (Å²) in [5, 5.41) is 5.45. The molecule has 2 aromatic rings. The first kappa shape index (κ1) is 23.3. The third-order valence-corrected chi connectivity index (χ3v) is 6.11. The van der Waals surface area contributed by atoms with Gasteiger partial charge in [0, 0.05) is 33.3 Å². The maximum atomic E-state index is 12.2. The van der Waals surface area contributed by atoms with Crippen LogP contribution in [-0.2, 0) is 14.8 Å². The monoisotopic (exact) mass is 529 g/mol. The van der Waals surface area contributed by atoms with Gasteiger partial charge in [-0.05, 0) is 71.1 Å². The topological polar surface area (TPSA) is 104 Å². The second-order valence-electron chi connectivity index (χ2n) is 7.39. The average Bonchev–Trinajstić information content (AvgIpc) is 2.65. The highest BCUT2D eigenvalue weighted by atomic mass is 127. The first-order chi connectivity index (χ1) is 13.5. The average molecular weight is 529 g/mol. The fourth-order valence-electron chi connectivity index (χ4n) is 2.18. The Balaban J connectivity index is 1.83. The Morgan fingerprint density at radius 3 is 2.07 bits per heavy atom. The van der Waals surface area contributed by atoms with Gasteiger partial charge in [0.05, 0.1) is 4.90 Å². The van der Waals surface area contributed by atoms with E-state index in [1.165, 1.54) is 12.1 Å². The van der Waals surface area contributed by atoms with Gasteiger partial charge in [0.25, 0.3) is 5.91 Å². The second kappa shape index (κ2) is 9.68. The molecule has 0 saturated carbocycles. The van der Waals surface area contributed by atoms with Crippen molar-refractivity contribution in [2.75, 3.05) is 18.4 Å². The Bertz CT molecular complexity index is 966. The van der Waals surface area contributed by atoms with Crippen molar-refractivity contribution in [3.8, 4) is 0 Å². The molecule has 0 atom stereocenters. The standard InChI is InChI=1S/C20H24IN3O4S/c1-20(2,3)19(26)24-16-8-4-14(5-9-16)18(25)22-12-13-23-29(27,28)17-10-6-15(21)7-11-17/h4-11,23H,12-13H2,1-3H3,(H,22,25)(H,24,26). The lowest BCUT2D eigenvalue weighted by molar-refractivity contribution is -0.123. The molecular weight excluding hydrogens is 505 g/mol. The van der Waals surface area contributed by atoms with E-state index in [0.717, 1.165) is 3.57 Å². The number of anilines is 1. The van der Waals surface area contributed by atoms with Gasteiger partial charge in [-0.3, -0.25) is 9.59 Å². The van der Waals surface area contributed by atoms with Crippen molar-refractivity contribution in [3.05, 3.63) is 57.7 Å². The molecule has 2 amide bonds. The zero-order valence-corrected chi connectivity index (χ0v) is 19.4. The Labute approximate surface area is 184 Å². The number of halogens is 1. The highest BCUT2D eigenvalue weighted by Gasteiger charge is 2.21. The molecule has 156 valence electrons. The summed E-state index contributed by atoms with van der Waals surface area (Å²) in [7, 11) is -3.61. The summed E-state index contributed by atoms with van der Waals surface area (Å²) in [6.45, 7) is 5.66. The summed E-state index contributed by atoms with van der Waals surface area (Å²) in [4.78, 5) is 24.4. The van der Waals surface area contributed by atoms with Crippen LogP contribution in [0.5, 0.6) is 0 Å². The zero-order chi connectivity index (χ0) is 21.7. The number of benzene rings is 2. The maximum absolute atomic E-state index is 12.2. The molecule has 0 heterocycles. The van der Waals surface area contributed by atoms with E-state index in [9.17, 15) is 18.0 Å².